The Morgan fingerprint density at radius 2 is 1.71 bits per heavy atom. The Balaban J connectivity index is 2.39. The highest BCUT2D eigenvalue weighted by atomic mass is 16.5. The van der Waals surface area contributed by atoms with Gasteiger partial charge in [0.1, 0.15) is 0 Å². The van der Waals surface area contributed by atoms with E-state index >= 15 is 0 Å². The second kappa shape index (κ2) is 9.93. The van der Waals surface area contributed by atoms with E-state index in [9.17, 15) is 9.90 Å². The highest BCUT2D eigenvalue weighted by Gasteiger charge is 2.09. The Bertz CT molecular complexity index is 934. The lowest BCUT2D eigenvalue weighted by Gasteiger charge is -2.08. The molecule has 0 heterocycles. The summed E-state index contributed by atoms with van der Waals surface area (Å²) in [5, 5.41) is 10.3. The fraction of sp³-hybridized carbons (Fsp3) is 0.227. The van der Waals surface area contributed by atoms with Gasteiger partial charge in [0, 0.05) is 11.6 Å². The molecular formula is C22H22O6. The van der Waals surface area contributed by atoms with Gasteiger partial charge >= 0.3 is 5.97 Å². The maximum Gasteiger partial charge on any atom is 0.330 e. The molecule has 2 rings (SSSR count). The fourth-order valence-corrected chi connectivity index (χ4v) is 2.38. The first-order valence-corrected chi connectivity index (χ1v) is 8.52. The Labute approximate surface area is 164 Å². The second-order valence-corrected chi connectivity index (χ2v) is 5.52. The SMILES string of the molecule is CCOC(=O)/C=C/c1cc(C#Cc2ccc(OC)c(OC)c2)c(O)c(OC)c1. The number of esters is 1. The van der Waals surface area contributed by atoms with Gasteiger partial charge in [-0.2, -0.15) is 0 Å². The summed E-state index contributed by atoms with van der Waals surface area (Å²) >= 11 is 0. The summed E-state index contributed by atoms with van der Waals surface area (Å²) in [7, 11) is 4.55. The first-order valence-electron chi connectivity index (χ1n) is 8.52. The lowest BCUT2D eigenvalue weighted by atomic mass is 10.1. The van der Waals surface area contributed by atoms with Crippen molar-refractivity contribution < 1.29 is 28.8 Å². The summed E-state index contributed by atoms with van der Waals surface area (Å²) in [6, 6.07) is 8.54. The number of benzene rings is 2. The minimum atomic E-state index is -0.451. The van der Waals surface area contributed by atoms with Crippen molar-refractivity contribution in [1.82, 2.24) is 0 Å². The monoisotopic (exact) mass is 382 g/mol. The van der Waals surface area contributed by atoms with Gasteiger partial charge in [0.05, 0.1) is 33.5 Å². The van der Waals surface area contributed by atoms with E-state index in [-0.39, 0.29) is 11.5 Å². The number of ether oxygens (including phenoxy) is 4. The third kappa shape index (κ3) is 5.21. The second-order valence-electron chi connectivity index (χ2n) is 5.52. The molecule has 0 amide bonds. The predicted molar refractivity (Wildman–Crippen MR) is 106 cm³/mol. The van der Waals surface area contributed by atoms with Crippen molar-refractivity contribution in [3.05, 3.63) is 53.1 Å². The largest absolute Gasteiger partial charge is 0.503 e. The quantitative estimate of drug-likeness (QED) is 0.469. The molecular weight excluding hydrogens is 360 g/mol. The van der Waals surface area contributed by atoms with E-state index in [0.29, 0.717) is 34.8 Å². The standard InChI is InChI=1S/C22H22O6/c1-5-28-21(23)11-8-16-12-17(22(24)20(14-16)27-4)9-6-15-7-10-18(25-2)19(13-15)26-3/h7-8,10-14,24H,5H2,1-4H3/b11-8+. The van der Waals surface area contributed by atoms with Crippen LogP contribution in [0.25, 0.3) is 6.08 Å². The molecule has 0 aliphatic carbocycles. The molecule has 0 saturated heterocycles. The molecule has 0 saturated carbocycles. The van der Waals surface area contributed by atoms with Crippen molar-refractivity contribution in [2.45, 2.75) is 6.92 Å². The number of carbonyl (C=O) groups excluding carboxylic acids is 1. The van der Waals surface area contributed by atoms with Crippen molar-refractivity contribution in [3.63, 3.8) is 0 Å². The lowest BCUT2D eigenvalue weighted by Crippen LogP contribution is -1.98. The average Bonchev–Trinajstić information content (AvgIpc) is 2.71. The average molecular weight is 382 g/mol. The van der Waals surface area contributed by atoms with Crippen LogP contribution in [-0.4, -0.2) is 39.0 Å². The van der Waals surface area contributed by atoms with Crippen molar-refractivity contribution >= 4 is 12.0 Å². The summed E-state index contributed by atoms with van der Waals surface area (Å²) < 4.78 is 20.5. The summed E-state index contributed by atoms with van der Waals surface area (Å²) in [6.45, 7) is 2.03. The minimum absolute atomic E-state index is 0.0799. The number of aromatic hydroxyl groups is 1. The van der Waals surface area contributed by atoms with Gasteiger partial charge in [-0.15, -0.1) is 0 Å². The van der Waals surface area contributed by atoms with Crippen LogP contribution < -0.4 is 14.2 Å². The molecule has 0 aliphatic rings. The van der Waals surface area contributed by atoms with Crippen molar-refractivity contribution in [2.75, 3.05) is 27.9 Å². The van der Waals surface area contributed by atoms with Gasteiger partial charge in [-0.05, 0) is 48.9 Å². The lowest BCUT2D eigenvalue weighted by molar-refractivity contribution is -0.137. The zero-order valence-corrected chi connectivity index (χ0v) is 16.2. The molecule has 1 N–H and O–H groups in total. The molecule has 146 valence electrons. The molecule has 6 heteroatoms. The van der Waals surface area contributed by atoms with Gasteiger partial charge in [0.15, 0.2) is 23.0 Å². The van der Waals surface area contributed by atoms with Gasteiger partial charge in [0.2, 0.25) is 0 Å². The number of hydrogen-bond donors (Lipinski definition) is 1. The molecule has 0 spiro atoms. The molecule has 0 fully saturated rings. The number of methoxy groups -OCH3 is 3. The Morgan fingerprint density at radius 1 is 1.00 bits per heavy atom. The van der Waals surface area contributed by atoms with Crippen LogP contribution in [0.2, 0.25) is 0 Å². The van der Waals surface area contributed by atoms with E-state index in [2.05, 4.69) is 11.8 Å². The van der Waals surface area contributed by atoms with Crippen LogP contribution >= 0.6 is 0 Å². The van der Waals surface area contributed by atoms with Gasteiger partial charge in [0.25, 0.3) is 0 Å². The number of rotatable bonds is 6. The Kier molecular flexibility index (Phi) is 7.35. The molecule has 0 unspecified atom stereocenters. The van der Waals surface area contributed by atoms with Crippen LogP contribution in [-0.2, 0) is 9.53 Å². The smallest absolute Gasteiger partial charge is 0.330 e. The summed E-state index contributed by atoms with van der Waals surface area (Å²) in [5.41, 5.74) is 1.68. The topological polar surface area (TPSA) is 74.2 Å². The van der Waals surface area contributed by atoms with E-state index in [4.69, 9.17) is 18.9 Å². The maximum atomic E-state index is 11.5. The highest BCUT2D eigenvalue weighted by molar-refractivity contribution is 5.87. The highest BCUT2D eigenvalue weighted by Crippen LogP contribution is 2.32. The van der Waals surface area contributed by atoms with Gasteiger partial charge < -0.3 is 24.1 Å². The summed E-state index contributed by atoms with van der Waals surface area (Å²) in [6.07, 6.45) is 2.88. The van der Waals surface area contributed by atoms with E-state index in [1.807, 2.05) is 0 Å². The number of carbonyl (C=O) groups is 1. The van der Waals surface area contributed by atoms with Crippen LogP contribution in [0.5, 0.6) is 23.0 Å². The van der Waals surface area contributed by atoms with Gasteiger partial charge in [-0.3, -0.25) is 0 Å². The zero-order chi connectivity index (χ0) is 20.5. The van der Waals surface area contributed by atoms with Crippen molar-refractivity contribution in [2.24, 2.45) is 0 Å². The zero-order valence-electron chi connectivity index (χ0n) is 16.2. The molecule has 2 aromatic rings. The third-order valence-electron chi connectivity index (χ3n) is 3.74. The molecule has 0 atom stereocenters. The van der Waals surface area contributed by atoms with Gasteiger partial charge in [-0.25, -0.2) is 4.79 Å². The van der Waals surface area contributed by atoms with E-state index in [1.165, 1.54) is 13.2 Å². The van der Waals surface area contributed by atoms with Crippen molar-refractivity contribution in [1.29, 1.82) is 0 Å². The number of phenolic OH excluding ortho intramolecular Hbond substituents is 1. The molecule has 0 aliphatic heterocycles. The first kappa shape index (κ1) is 20.7. The van der Waals surface area contributed by atoms with E-state index in [1.54, 1.807) is 57.6 Å². The minimum Gasteiger partial charge on any atom is -0.503 e. The van der Waals surface area contributed by atoms with E-state index in [0.717, 1.165) is 0 Å². The van der Waals surface area contributed by atoms with E-state index < -0.39 is 5.97 Å². The molecule has 6 nitrogen and oxygen atoms in total. The number of hydrogen-bond acceptors (Lipinski definition) is 6. The normalized spacial score (nSPS) is 10.1. The fourth-order valence-electron chi connectivity index (χ4n) is 2.38. The van der Waals surface area contributed by atoms with Crippen LogP contribution in [0.15, 0.2) is 36.4 Å². The van der Waals surface area contributed by atoms with Crippen LogP contribution in [0.3, 0.4) is 0 Å². The first-order chi connectivity index (χ1) is 13.5. The van der Waals surface area contributed by atoms with Crippen LogP contribution in [0, 0.1) is 11.8 Å². The summed E-state index contributed by atoms with van der Waals surface area (Å²) in [4.78, 5) is 11.5. The summed E-state index contributed by atoms with van der Waals surface area (Å²) in [5.74, 6) is 6.77. The molecule has 0 radical (unpaired) electrons. The molecule has 28 heavy (non-hydrogen) atoms. The van der Waals surface area contributed by atoms with Crippen LogP contribution in [0.1, 0.15) is 23.6 Å². The van der Waals surface area contributed by atoms with Gasteiger partial charge in [-0.1, -0.05) is 11.8 Å². The predicted octanol–water partition coefficient (Wildman–Crippen LogP) is 3.39. The molecule has 0 aromatic heterocycles. The third-order valence-corrected chi connectivity index (χ3v) is 3.74. The molecule has 0 bridgehead atoms. The molecule has 2 aromatic carbocycles. The Hall–Kier alpha value is -3.59. The van der Waals surface area contributed by atoms with Crippen LogP contribution in [0.4, 0.5) is 0 Å². The maximum absolute atomic E-state index is 11.5. The van der Waals surface area contributed by atoms with Crippen molar-refractivity contribution in [3.8, 4) is 34.8 Å². The number of phenols is 1. The Morgan fingerprint density at radius 3 is 2.36 bits per heavy atom.